The summed E-state index contributed by atoms with van der Waals surface area (Å²) in [6, 6.07) is 31.9. The van der Waals surface area contributed by atoms with Crippen molar-refractivity contribution in [2.24, 2.45) is 0 Å². The second-order valence-electron chi connectivity index (χ2n) is 20.4. The molecule has 0 radical (unpaired) electrons. The number of ether oxygens (including phenoxy) is 1. The van der Waals surface area contributed by atoms with Gasteiger partial charge in [0.2, 0.25) is 0 Å². The summed E-state index contributed by atoms with van der Waals surface area (Å²) in [4.78, 5) is 9.21. The number of pyridine rings is 2. The molecule has 4 heterocycles. The monoisotopic (exact) mass is 816 g/mol. The summed E-state index contributed by atoms with van der Waals surface area (Å²) in [5.41, 5.74) is 8.72. The zero-order valence-electron chi connectivity index (χ0n) is 37.3. The van der Waals surface area contributed by atoms with E-state index in [1.54, 1.807) is 12.1 Å². The SMILES string of the molecule is CC(C)(C)c1ccc(-c2cc3c(F)cnc(-c4cc(Oc5cc(-c6ncc(F)c7cc(-c8ccc(C(C)(C)C)cc8)oc67)cc(C(C)(C)C)c5)cc(C(C)(C)C)c4)c3o2)cc1. The number of aromatic nitrogens is 2. The van der Waals surface area contributed by atoms with Crippen LogP contribution in [0.5, 0.6) is 11.5 Å². The molecule has 0 bridgehead atoms. The van der Waals surface area contributed by atoms with E-state index >= 15 is 8.78 Å². The molecule has 0 spiro atoms. The molecular weight excluding hydrogens is 763 g/mol. The van der Waals surface area contributed by atoms with Gasteiger partial charge >= 0.3 is 0 Å². The molecule has 8 rings (SSSR count). The molecule has 0 N–H and O–H groups in total. The molecule has 5 nitrogen and oxygen atoms in total. The van der Waals surface area contributed by atoms with Gasteiger partial charge in [0.25, 0.3) is 0 Å². The van der Waals surface area contributed by atoms with Crippen molar-refractivity contribution in [3.63, 3.8) is 0 Å². The summed E-state index contributed by atoms with van der Waals surface area (Å²) in [5.74, 6) is 1.34. The molecular formula is C54H54F2N2O3. The van der Waals surface area contributed by atoms with Crippen LogP contribution in [-0.4, -0.2) is 9.97 Å². The van der Waals surface area contributed by atoms with Crippen LogP contribution in [0.25, 0.3) is 67.1 Å². The van der Waals surface area contributed by atoms with Gasteiger partial charge in [0, 0.05) is 22.3 Å². The maximum absolute atomic E-state index is 15.5. The summed E-state index contributed by atoms with van der Waals surface area (Å²) >= 11 is 0. The van der Waals surface area contributed by atoms with E-state index in [0.29, 0.717) is 56.3 Å². The van der Waals surface area contributed by atoms with Crippen LogP contribution < -0.4 is 4.74 Å². The Hall–Kier alpha value is -6.08. The quantitative estimate of drug-likeness (QED) is 0.167. The van der Waals surface area contributed by atoms with E-state index in [2.05, 4.69) is 129 Å². The van der Waals surface area contributed by atoms with Gasteiger partial charge in [-0.2, -0.15) is 0 Å². The minimum absolute atomic E-state index is 0.00332. The molecule has 0 unspecified atom stereocenters. The average molecular weight is 817 g/mol. The number of benzene rings is 4. The van der Waals surface area contributed by atoms with Crippen molar-refractivity contribution in [1.29, 1.82) is 0 Å². The number of rotatable bonds is 6. The van der Waals surface area contributed by atoms with E-state index in [1.165, 1.54) is 23.5 Å². The molecule has 0 atom stereocenters. The van der Waals surface area contributed by atoms with Crippen molar-refractivity contribution in [2.45, 2.75) is 105 Å². The molecule has 0 saturated carbocycles. The maximum Gasteiger partial charge on any atom is 0.164 e. The second-order valence-corrected chi connectivity index (χ2v) is 20.4. The van der Waals surface area contributed by atoms with Crippen molar-refractivity contribution in [2.75, 3.05) is 0 Å². The number of nitrogens with zero attached hydrogens (tertiary/aromatic N) is 2. The van der Waals surface area contributed by atoms with Crippen molar-refractivity contribution in [3.8, 4) is 56.7 Å². The number of fused-ring (bicyclic) bond motifs is 2. The first-order chi connectivity index (χ1) is 28.5. The van der Waals surface area contributed by atoms with E-state index < -0.39 is 11.6 Å². The summed E-state index contributed by atoms with van der Waals surface area (Å²) < 4.78 is 50.6. The van der Waals surface area contributed by atoms with Gasteiger partial charge < -0.3 is 13.6 Å². The molecule has 0 aliphatic rings. The largest absolute Gasteiger partial charge is 0.457 e. The minimum Gasteiger partial charge on any atom is -0.457 e. The third-order valence-electron chi connectivity index (χ3n) is 11.4. The fourth-order valence-electron chi connectivity index (χ4n) is 7.54. The molecule has 4 aromatic carbocycles. The normalized spacial score (nSPS) is 12.8. The minimum atomic E-state index is -0.458. The second kappa shape index (κ2) is 14.8. The fourth-order valence-corrected chi connectivity index (χ4v) is 7.54. The lowest BCUT2D eigenvalue weighted by Crippen LogP contribution is -2.12. The molecule has 61 heavy (non-hydrogen) atoms. The highest BCUT2D eigenvalue weighted by molar-refractivity contribution is 5.95. The van der Waals surface area contributed by atoms with Gasteiger partial charge in [-0.25, -0.2) is 18.7 Å². The lowest BCUT2D eigenvalue weighted by Gasteiger charge is -2.23. The van der Waals surface area contributed by atoms with Crippen molar-refractivity contribution >= 4 is 21.9 Å². The van der Waals surface area contributed by atoms with Gasteiger partial charge in [-0.1, -0.05) is 132 Å². The van der Waals surface area contributed by atoms with Crippen LogP contribution in [0.4, 0.5) is 8.78 Å². The van der Waals surface area contributed by atoms with Gasteiger partial charge in [-0.15, -0.1) is 0 Å². The lowest BCUT2D eigenvalue weighted by atomic mass is 9.85. The molecule has 0 saturated heterocycles. The zero-order valence-corrected chi connectivity index (χ0v) is 37.3. The Balaban J connectivity index is 1.22. The average Bonchev–Trinajstić information content (AvgIpc) is 3.84. The van der Waals surface area contributed by atoms with Gasteiger partial charge in [-0.3, -0.25) is 0 Å². The topological polar surface area (TPSA) is 61.3 Å². The van der Waals surface area contributed by atoms with Crippen LogP contribution in [0, 0.1) is 11.6 Å². The highest BCUT2D eigenvalue weighted by Gasteiger charge is 2.25. The van der Waals surface area contributed by atoms with Gasteiger partial charge in [0.1, 0.15) is 34.4 Å². The van der Waals surface area contributed by atoms with Gasteiger partial charge in [0.15, 0.2) is 22.8 Å². The maximum atomic E-state index is 15.5. The van der Waals surface area contributed by atoms with Crippen LogP contribution in [-0.2, 0) is 21.7 Å². The standard InChI is InChI=1S/C54H54F2N2O3/c1-51(2,3)35-17-13-31(14-18-35)45-27-41-43(55)29-57-47(49(41)60-45)33-21-37(53(7,8)9)25-39(23-33)59-40-24-34(22-38(26-40)54(10,11)12)48-50-42(44(56)30-58-48)28-46(61-50)32-15-19-36(20-16-32)52(4,5)6/h13-30H,1-12H3. The first-order valence-electron chi connectivity index (χ1n) is 20.9. The van der Waals surface area contributed by atoms with E-state index in [1.807, 2.05) is 48.5 Å². The van der Waals surface area contributed by atoms with E-state index in [-0.39, 0.29) is 21.7 Å². The van der Waals surface area contributed by atoms with E-state index in [9.17, 15) is 0 Å². The molecule has 4 aromatic heterocycles. The predicted octanol–water partition coefficient (Wildman–Crippen LogP) is 15.9. The molecule has 0 aliphatic heterocycles. The Kier molecular flexibility index (Phi) is 10.1. The Morgan fingerprint density at radius 3 is 1.08 bits per heavy atom. The van der Waals surface area contributed by atoms with Crippen LogP contribution >= 0.6 is 0 Å². The van der Waals surface area contributed by atoms with Crippen LogP contribution in [0.15, 0.2) is 118 Å². The fraction of sp³-hybridized carbons (Fsp3) is 0.296. The van der Waals surface area contributed by atoms with Gasteiger partial charge in [-0.05, 0) is 92.4 Å². The molecule has 8 aromatic rings. The number of halogens is 2. The Labute approximate surface area is 357 Å². The number of hydrogen-bond acceptors (Lipinski definition) is 5. The summed E-state index contributed by atoms with van der Waals surface area (Å²) in [7, 11) is 0. The molecule has 0 aliphatic carbocycles. The molecule has 312 valence electrons. The van der Waals surface area contributed by atoms with Gasteiger partial charge in [0.05, 0.1) is 23.2 Å². The zero-order chi connectivity index (χ0) is 43.8. The summed E-state index contributed by atoms with van der Waals surface area (Å²) in [6.45, 7) is 25.8. The summed E-state index contributed by atoms with van der Waals surface area (Å²) in [5, 5.41) is 0.708. The highest BCUT2D eigenvalue weighted by atomic mass is 19.1. The Morgan fingerprint density at radius 2 is 0.754 bits per heavy atom. The number of hydrogen-bond donors (Lipinski definition) is 0. The van der Waals surface area contributed by atoms with Crippen LogP contribution in [0.1, 0.15) is 105 Å². The third kappa shape index (κ3) is 8.35. The van der Waals surface area contributed by atoms with Crippen LogP contribution in [0.2, 0.25) is 0 Å². The van der Waals surface area contributed by atoms with E-state index in [0.717, 1.165) is 33.4 Å². The molecule has 0 fully saturated rings. The smallest absolute Gasteiger partial charge is 0.164 e. The molecule has 0 amide bonds. The predicted molar refractivity (Wildman–Crippen MR) is 245 cm³/mol. The first-order valence-corrected chi connectivity index (χ1v) is 20.9. The molecule has 7 heteroatoms. The third-order valence-corrected chi connectivity index (χ3v) is 11.4. The first kappa shape index (κ1) is 41.6. The van der Waals surface area contributed by atoms with E-state index in [4.69, 9.17) is 13.6 Å². The lowest BCUT2D eigenvalue weighted by molar-refractivity contribution is 0.475. The summed E-state index contributed by atoms with van der Waals surface area (Å²) in [6.07, 6.45) is 2.50. The Morgan fingerprint density at radius 1 is 0.410 bits per heavy atom. The van der Waals surface area contributed by atoms with Crippen molar-refractivity contribution in [3.05, 3.63) is 143 Å². The highest BCUT2D eigenvalue weighted by Crippen LogP contribution is 2.42. The van der Waals surface area contributed by atoms with Crippen molar-refractivity contribution in [1.82, 2.24) is 9.97 Å². The van der Waals surface area contributed by atoms with Crippen LogP contribution in [0.3, 0.4) is 0 Å². The van der Waals surface area contributed by atoms with Crippen molar-refractivity contribution < 1.29 is 22.4 Å². The Bertz CT molecular complexity index is 2730. The number of furan rings is 2.